The molecule has 1 fully saturated rings. The van der Waals surface area contributed by atoms with Gasteiger partial charge in [0.1, 0.15) is 11.5 Å². The van der Waals surface area contributed by atoms with Crippen LogP contribution < -0.4 is 15.5 Å². The number of amides is 1. The standard InChI is InChI=1S/C16H19FN6O2S/c1-21(25)26-11-2-3-14(12(17)10-11)22-6-8-23(9-7-22)16-19-5-4-13(20-16)15(18)24/h2-5,10,25H,6-9H2,1H3,(H2,18,24). The maximum Gasteiger partial charge on any atom is 0.267 e. The van der Waals surface area contributed by atoms with E-state index in [2.05, 4.69) is 9.97 Å². The van der Waals surface area contributed by atoms with E-state index < -0.39 is 5.91 Å². The fraction of sp³-hybridized carbons (Fsp3) is 0.312. The number of piperazine rings is 1. The van der Waals surface area contributed by atoms with Crippen LogP contribution in [0.1, 0.15) is 10.5 Å². The van der Waals surface area contributed by atoms with Crippen molar-refractivity contribution in [3.05, 3.63) is 42.0 Å². The predicted octanol–water partition coefficient (Wildman–Crippen LogP) is 1.37. The normalized spacial score (nSPS) is 14.8. The molecule has 0 spiro atoms. The lowest BCUT2D eigenvalue weighted by Crippen LogP contribution is -2.47. The second-order valence-electron chi connectivity index (χ2n) is 5.75. The number of benzene rings is 1. The number of hydrogen-bond donors (Lipinski definition) is 2. The Kier molecular flexibility index (Phi) is 5.55. The van der Waals surface area contributed by atoms with Crippen molar-refractivity contribution in [2.75, 3.05) is 43.0 Å². The smallest absolute Gasteiger partial charge is 0.267 e. The lowest BCUT2D eigenvalue weighted by molar-refractivity contribution is 0.0454. The number of aromatic nitrogens is 2. The summed E-state index contributed by atoms with van der Waals surface area (Å²) in [5.41, 5.74) is 5.94. The quantitative estimate of drug-likeness (QED) is 0.595. The van der Waals surface area contributed by atoms with Crippen LogP contribution >= 0.6 is 11.9 Å². The zero-order chi connectivity index (χ0) is 18.7. The average molecular weight is 378 g/mol. The number of nitrogens with zero attached hydrogens (tertiary/aromatic N) is 5. The Morgan fingerprint density at radius 2 is 1.96 bits per heavy atom. The van der Waals surface area contributed by atoms with E-state index >= 15 is 0 Å². The first kappa shape index (κ1) is 18.4. The third kappa shape index (κ3) is 4.21. The van der Waals surface area contributed by atoms with Crippen LogP contribution in [0.15, 0.2) is 35.4 Å². The molecule has 0 bridgehead atoms. The molecule has 138 valence electrons. The maximum atomic E-state index is 14.4. The van der Waals surface area contributed by atoms with E-state index in [0.29, 0.717) is 42.7 Å². The highest BCUT2D eigenvalue weighted by molar-refractivity contribution is 7.96. The summed E-state index contributed by atoms with van der Waals surface area (Å²) in [6.45, 7) is 2.37. The number of anilines is 2. The third-order valence-electron chi connectivity index (χ3n) is 3.96. The van der Waals surface area contributed by atoms with Crippen LogP contribution in [-0.4, -0.2) is 58.8 Å². The number of nitrogens with two attached hydrogens (primary N) is 1. The summed E-state index contributed by atoms with van der Waals surface area (Å²) in [6, 6.07) is 6.35. The van der Waals surface area contributed by atoms with Crippen LogP contribution in [0, 0.1) is 5.82 Å². The van der Waals surface area contributed by atoms with E-state index in [-0.39, 0.29) is 11.5 Å². The van der Waals surface area contributed by atoms with Crippen LogP contribution in [-0.2, 0) is 0 Å². The third-order valence-corrected chi connectivity index (χ3v) is 4.68. The summed E-state index contributed by atoms with van der Waals surface area (Å²) < 4.78 is 15.3. The van der Waals surface area contributed by atoms with E-state index in [4.69, 9.17) is 5.73 Å². The molecule has 10 heteroatoms. The van der Waals surface area contributed by atoms with Crippen molar-refractivity contribution >= 4 is 29.5 Å². The van der Waals surface area contributed by atoms with Gasteiger partial charge in [0, 0.05) is 44.3 Å². The van der Waals surface area contributed by atoms with Gasteiger partial charge in [0.25, 0.3) is 5.91 Å². The topological polar surface area (TPSA) is 98.8 Å². The molecular weight excluding hydrogens is 359 g/mol. The van der Waals surface area contributed by atoms with Crippen molar-refractivity contribution in [1.82, 2.24) is 14.4 Å². The maximum absolute atomic E-state index is 14.4. The van der Waals surface area contributed by atoms with Gasteiger partial charge in [0.15, 0.2) is 0 Å². The number of halogens is 1. The summed E-state index contributed by atoms with van der Waals surface area (Å²) in [5.74, 6) is -0.489. The number of rotatable bonds is 5. The van der Waals surface area contributed by atoms with Crippen molar-refractivity contribution in [3.8, 4) is 0 Å². The van der Waals surface area contributed by atoms with E-state index in [1.165, 1.54) is 25.4 Å². The monoisotopic (exact) mass is 378 g/mol. The highest BCUT2D eigenvalue weighted by Crippen LogP contribution is 2.27. The van der Waals surface area contributed by atoms with Crippen LogP contribution in [0.5, 0.6) is 0 Å². The molecule has 0 unspecified atom stereocenters. The number of hydroxylamine groups is 1. The second kappa shape index (κ2) is 7.85. The summed E-state index contributed by atoms with van der Waals surface area (Å²) in [4.78, 5) is 24.1. The van der Waals surface area contributed by atoms with Gasteiger partial charge >= 0.3 is 0 Å². The Labute approximate surface area is 154 Å². The number of carbonyl (C=O) groups excluding carboxylic acids is 1. The van der Waals surface area contributed by atoms with Crippen molar-refractivity contribution in [1.29, 1.82) is 0 Å². The summed E-state index contributed by atoms with van der Waals surface area (Å²) in [5, 5.41) is 9.22. The minimum absolute atomic E-state index is 0.172. The molecular formula is C16H19FN6O2S. The molecule has 1 aliphatic heterocycles. The number of primary amides is 1. The molecule has 0 saturated carbocycles. The van der Waals surface area contributed by atoms with Crippen LogP contribution in [0.3, 0.4) is 0 Å². The fourth-order valence-corrected chi connectivity index (χ4v) is 3.33. The van der Waals surface area contributed by atoms with Gasteiger partial charge in [-0.1, -0.05) is 0 Å². The first-order chi connectivity index (χ1) is 12.4. The Balaban J connectivity index is 1.67. The van der Waals surface area contributed by atoms with Crippen molar-refractivity contribution in [2.45, 2.75) is 4.90 Å². The molecule has 0 radical (unpaired) electrons. The molecule has 1 amide bonds. The molecule has 2 aromatic rings. The van der Waals surface area contributed by atoms with Crippen LogP contribution in [0.4, 0.5) is 16.0 Å². The molecule has 3 rings (SSSR count). The molecule has 8 nitrogen and oxygen atoms in total. The molecule has 3 N–H and O–H groups in total. The Bertz CT molecular complexity index is 798. The minimum atomic E-state index is -0.596. The molecule has 1 saturated heterocycles. The largest absolute Gasteiger partial charge is 0.366 e. The lowest BCUT2D eigenvalue weighted by Gasteiger charge is -2.36. The number of hydrogen-bond acceptors (Lipinski definition) is 8. The Hall–Kier alpha value is -2.43. The number of carbonyl (C=O) groups is 1. The summed E-state index contributed by atoms with van der Waals surface area (Å²) in [6.07, 6.45) is 1.50. The summed E-state index contributed by atoms with van der Waals surface area (Å²) in [7, 11) is 1.48. The first-order valence-electron chi connectivity index (χ1n) is 7.97. The molecule has 26 heavy (non-hydrogen) atoms. The van der Waals surface area contributed by atoms with Gasteiger partial charge in [-0.15, -0.1) is 4.47 Å². The zero-order valence-electron chi connectivity index (χ0n) is 14.2. The first-order valence-corrected chi connectivity index (χ1v) is 8.74. The second-order valence-corrected chi connectivity index (χ2v) is 6.93. The molecule has 1 aromatic heterocycles. The Morgan fingerprint density at radius 3 is 2.58 bits per heavy atom. The van der Waals surface area contributed by atoms with Crippen LogP contribution in [0.2, 0.25) is 0 Å². The van der Waals surface area contributed by atoms with Gasteiger partial charge in [-0.3, -0.25) is 4.79 Å². The highest BCUT2D eigenvalue weighted by atomic mass is 32.2. The Morgan fingerprint density at radius 1 is 1.27 bits per heavy atom. The van der Waals surface area contributed by atoms with Crippen molar-refractivity contribution < 1.29 is 14.4 Å². The van der Waals surface area contributed by atoms with Crippen molar-refractivity contribution in [2.24, 2.45) is 5.73 Å². The van der Waals surface area contributed by atoms with Gasteiger partial charge in [0.05, 0.1) is 5.69 Å². The van der Waals surface area contributed by atoms with E-state index in [1.54, 1.807) is 12.1 Å². The van der Waals surface area contributed by atoms with Gasteiger partial charge in [-0.2, -0.15) is 0 Å². The molecule has 1 aromatic carbocycles. The van der Waals surface area contributed by atoms with Gasteiger partial charge in [-0.05, 0) is 36.2 Å². The molecule has 0 atom stereocenters. The molecule has 1 aliphatic rings. The lowest BCUT2D eigenvalue weighted by atomic mass is 10.2. The van der Waals surface area contributed by atoms with E-state index in [0.717, 1.165) is 16.4 Å². The average Bonchev–Trinajstić information content (AvgIpc) is 2.62. The fourth-order valence-electron chi connectivity index (χ4n) is 2.74. The van der Waals surface area contributed by atoms with Gasteiger partial charge < -0.3 is 20.7 Å². The van der Waals surface area contributed by atoms with Crippen LogP contribution in [0.25, 0.3) is 0 Å². The summed E-state index contributed by atoms with van der Waals surface area (Å²) >= 11 is 1.04. The highest BCUT2D eigenvalue weighted by Gasteiger charge is 2.22. The van der Waals surface area contributed by atoms with Gasteiger partial charge in [-0.25, -0.2) is 14.4 Å². The molecule has 0 aliphatic carbocycles. The molecule has 2 heterocycles. The van der Waals surface area contributed by atoms with E-state index in [1.807, 2.05) is 9.80 Å². The zero-order valence-corrected chi connectivity index (χ0v) is 15.0. The van der Waals surface area contributed by atoms with Crippen molar-refractivity contribution in [3.63, 3.8) is 0 Å². The van der Waals surface area contributed by atoms with Gasteiger partial charge in [0.2, 0.25) is 5.95 Å². The minimum Gasteiger partial charge on any atom is -0.366 e. The predicted molar refractivity (Wildman–Crippen MR) is 96.8 cm³/mol. The SMILES string of the molecule is CN(O)Sc1ccc(N2CCN(c3nccc(C(N)=O)n3)CC2)c(F)c1. The van der Waals surface area contributed by atoms with E-state index in [9.17, 15) is 14.4 Å².